The molecule has 0 radical (unpaired) electrons. The first-order valence-corrected chi connectivity index (χ1v) is 7.58. The quantitative estimate of drug-likeness (QED) is 0.799. The van der Waals surface area contributed by atoms with Gasteiger partial charge in [-0.05, 0) is 18.1 Å². The second kappa shape index (κ2) is 8.25. The molecule has 4 heteroatoms. The van der Waals surface area contributed by atoms with Crippen molar-refractivity contribution < 1.29 is 14.3 Å². The number of carbonyl (C=O) groups is 2. The normalized spacial score (nSPS) is 13.1. The fourth-order valence-corrected chi connectivity index (χ4v) is 2.37. The van der Waals surface area contributed by atoms with Crippen LogP contribution in [-0.4, -0.2) is 18.8 Å². The Kier molecular flexibility index (Phi) is 6.06. The van der Waals surface area contributed by atoms with Gasteiger partial charge in [0.2, 0.25) is 5.78 Å². The van der Waals surface area contributed by atoms with Gasteiger partial charge in [0.15, 0.2) is 0 Å². The molecule has 2 atom stereocenters. The SMILES string of the molecule is COC(CC(=O)C(=O)N[C@@H](C)c1ccccc1)c1ccccc1. The van der Waals surface area contributed by atoms with Crippen LogP contribution in [-0.2, 0) is 14.3 Å². The van der Waals surface area contributed by atoms with Crippen LogP contribution in [0.4, 0.5) is 0 Å². The zero-order valence-electron chi connectivity index (χ0n) is 13.4. The van der Waals surface area contributed by atoms with Gasteiger partial charge in [0.25, 0.3) is 5.91 Å². The van der Waals surface area contributed by atoms with Crippen LogP contribution < -0.4 is 5.32 Å². The average molecular weight is 311 g/mol. The first-order valence-electron chi connectivity index (χ1n) is 7.58. The lowest BCUT2D eigenvalue weighted by molar-refractivity contribution is -0.139. The van der Waals surface area contributed by atoms with Crippen molar-refractivity contribution in [3.05, 3.63) is 71.8 Å². The largest absolute Gasteiger partial charge is 0.376 e. The summed E-state index contributed by atoms with van der Waals surface area (Å²) in [6, 6.07) is 18.7. The monoisotopic (exact) mass is 311 g/mol. The van der Waals surface area contributed by atoms with Crippen molar-refractivity contribution in [1.82, 2.24) is 5.32 Å². The fraction of sp³-hybridized carbons (Fsp3) is 0.263. The van der Waals surface area contributed by atoms with Gasteiger partial charge in [-0.15, -0.1) is 0 Å². The smallest absolute Gasteiger partial charge is 0.287 e. The number of benzene rings is 2. The Morgan fingerprint density at radius 3 is 2.00 bits per heavy atom. The number of ketones is 1. The summed E-state index contributed by atoms with van der Waals surface area (Å²) in [5.74, 6) is -1.07. The third kappa shape index (κ3) is 4.76. The summed E-state index contributed by atoms with van der Waals surface area (Å²) in [6.45, 7) is 1.85. The van der Waals surface area contributed by atoms with Gasteiger partial charge in [0, 0.05) is 13.5 Å². The Labute approximate surface area is 136 Å². The van der Waals surface area contributed by atoms with Crippen LogP contribution in [0.1, 0.15) is 36.6 Å². The Morgan fingerprint density at radius 1 is 0.957 bits per heavy atom. The van der Waals surface area contributed by atoms with Crippen molar-refractivity contribution in [1.29, 1.82) is 0 Å². The fourth-order valence-electron chi connectivity index (χ4n) is 2.37. The van der Waals surface area contributed by atoms with E-state index in [9.17, 15) is 9.59 Å². The lowest BCUT2D eigenvalue weighted by Crippen LogP contribution is -2.34. The van der Waals surface area contributed by atoms with Crippen molar-refractivity contribution in [3.63, 3.8) is 0 Å². The summed E-state index contributed by atoms with van der Waals surface area (Å²) in [5.41, 5.74) is 1.84. The molecule has 0 fully saturated rings. The average Bonchev–Trinajstić information content (AvgIpc) is 2.60. The molecule has 4 nitrogen and oxygen atoms in total. The predicted molar refractivity (Wildman–Crippen MR) is 88.8 cm³/mol. The van der Waals surface area contributed by atoms with E-state index in [1.54, 1.807) is 0 Å². The highest BCUT2D eigenvalue weighted by Gasteiger charge is 2.22. The number of rotatable bonds is 7. The number of hydrogen-bond donors (Lipinski definition) is 1. The summed E-state index contributed by atoms with van der Waals surface area (Å²) in [6.07, 6.45) is -0.394. The van der Waals surface area contributed by atoms with Crippen LogP contribution in [0, 0.1) is 0 Å². The van der Waals surface area contributed by atoms with E-state index < -0.39 is 17.8 Å². The van der Waals surface area contributed by atoms with Crippen LogP contribution in [0.5, 0.6) is 0 Å². The van der Waals surface area contributed by atoms with Crippen LogP contribution in [0.3, 0.4) is 0 Å². The minimum absolute atomic E-state index is 0.0217. The van der Waals surface area contributed by atoms with Crippen molar-refractivity contribution in [2.75, 3.05) is 7.11 Å². The number of nitrogens with one attached hydrogen (secondary N) is 1. The highest BCUT2D eigenvalue weighted by molar-refractivity contribution is 6.36. The van der Waals surface area contributed by atoms with Crippen molar-refractivity contribution >= 4 is 11.7 Å². The molecular weight excluding hydrogens is 290 g/mol. The van der Waals surface area contributed by atoms with E-state index in [1.165, 1.54) is 7.11 Å². The molecule has 0 heterocycles. The second-order valence-corrected chi connectivity index (χ2v) is 5.37. The van der Waals surface area contributed by atoms with Gasteiger partial charge in [-0.1, -0.05) is 60.7 Å². The van der Waals surface area contributed by atoms with Crippen molar-refractivity contribution in [2.24, 2.45) is 0 Å². The lowest BCUT2D eigenvalue weighted by Gasteiger charge is -2.17. The van der Waals surface area contributed by atoms with Gasteiger partial charge in [-0.2, -0.15) is 0 Å². The molecule has 0 bridgehead atoms. The minimum Gasteiger partial charge on any atom is -0.376 e. The van der Waals surface area contributed by atoms with Crippen LogP contribution in [0.25, 0.3) is 0 Å². The standard InChI is InChI=1S/C19H21NO3/c1-14(15-9-5-3-6-10-15)20-19(22)17(21)13-18(23-2)16-11-7-4-8-12-16/h3-12,14,18H,13H2,1-2H3,(H,20,22)/t14-,18?/m0/s1. The number of carbonyl (C=O) groups excluding carboxylic acids is 2. The molecule has 0 spiro atoms. The number of methoxy groups -OCH3 is 1. The van der Waals surface area contributed by atoms with Gasteiger partial charge in [0.1, 0.15) is 0 Å². The molecule has 0 aliphatic heterocycles. The molecule has 1 amide bonds. The number of hydrogen-bond acceptors (Lipinski definition) is 3. The molecule has 2 aromatic rings. The van der Waals surface area contributed by atoms with Gasteiger partial charge in [-0.25, -0.2) is 0 Å². The van der Waals surface area contributed by atoms with E-state index in [1.807, 2.05) is 67.6 Å². The summed E-state index contributed by atoms with van der Waals surface area (Å²) in [4.78, 5) is 24.3. The van der Waals surface area contributed by atoms with Gasteiger partial charge in [0.05, 0.1) is 12.1 Å². The Bertz CT molecular complexity index is 640. The van der Waals surface area contributed by atoms with E-state index in [4.69, 9.17) is 4.74 Å². The first-order chi connectivity index (χ1) is 11.1. The van der Waals surface area contributed by atoms with E-state index in [0.29, 0.717) is 0 Å². The van der Waals surface area contributed by atoms with Gasteiger partial charge >= 0.3 is 0 Å². The maximum Gasteiger partial charge on any atom is 0.287 e. The Morgan fingerprint density at radius 2 is 1.48 bits per heavy atom. The zero-order chi connectivity index (χ0) is 16.7. The van der Waals surface area contributed by atoms with E-state index in [2.05, 4.69) is 5.32 Å². The molecule has 0 aliphatic rings. The number of amides is 1. The maximum absolute atomic E-state index is 12.2. The Hall–Kier alpha value is -2.46. The molecule has 120 valence electrons. The summed E-state index contributed by atoms with van der Waals surface area (Å²) < 4.78 is 5.35. The predicted octanol–water partition coefficient (Wildman–Crippen LogP) is 3.21. The maximum atomic E-state index is 12.2. The molecule has 0 aromatic heterocycles. The van der Waals surface area contributed by atoms with Crippen molar-refractivity contribution in [2.45, 2.75) is 25.5 Å². The lowest BCUT2D eigenvalue weighted by atomic mass is 10.0. The third-order valence-electron chi connectivity index (χ3n) is 3.73. The molecule has 0 aliphatic carbocycles. The highest BCUT2D eigenvalue weighted by atomic mass is 16.5. The van der Waals surface area contributed by atoms with E-state index in [-0.39, 0.29) is 12.5 Å². The molecule has 0 saturated carbocycles. The van der Waals surface area contributed by atoms with Crippen LogP contribution >= 0.6 is 0 Å². The highest BCUT2D eigenvalue weighted by Crippen LogP contribution is 2.20. The molecule has 2 aromatic carbocycles. The summed E-state index contributed by atoms with van der Waals surface area (Å²) in [7, 11) is 1.54. The topological polar surface area (TPSA) is 55.4 Å². The molecule has 0 saturated heterocycles. The number of Topliss-reactive ketones (excluding diaryl/α,β-unsaturated/α-hetero) is 1. The summed E-state index contributed by atoms with van der Waals surface area (Å²) >= 11 is 0. The third-order valence-corrected chi connectivity index (χ3v) is 3.73. The van der Waals surface area contributed by atoms with Crippen LogP contribution in [0.15, 0.2) is 60.7 Å². The molecule has 2 rings (SSSR count). The Balaban J connectivity index is 1.95. The molecule has 1 N–H and O–H groups in total. The van der Waals surface area contributed by atoms with Crippen molar-refractivity contribution in [3.8, 4) is 0 Å². The van der Waals surface area contributed by atoms with Gasteiger partial charge in [-0.3, -0.25) is 9.59 Å². The zero-order valence-corrected chi connectivity index (χ0v) is 13.4. The second-order valence-electron chi connectivity index (χ2n) is 5.37. The first kappa shape index (κ1) is 16.9. The molecular formula is C19H21NO3. The molecule has 1 unspecified atom stereocenters. The van der Waals surface area contributed by atoms with E-state index in [0.717, 1.165) is 11.1 Å². The van der Waals surface area contributed by atoms with Crippen LogP contribution in [0.2, 0.25) is 0 Å². The summed E-state index contributed by atoms with van der Waals surface area (Å²) in [5, 5.41) is 2.73. The minimum atomic E-state index is -0.584. The van der Waals surface area contributed by atoms with E-state index >= 15 is 0 Å². The number of ether oxygens (including phenoxy) is 1. The van der Waals surface area contributed by atoms with Gasteiger partial charge < -0.3 is 10.1 Å². The molecule has 23 heavy (non-hydrogen) atoms.